The molecule has 3 amide bonds. The number of nitrogens with zero attached hydrogens (tertiary/aromatic N) is 2. The number of amides is 3. The summed E-state index contributed by atoms with van der Waals surface area (Å²) in [6.07, 6.45) is 5.56. The molecule has 0 radical (unpaired) electrons. The molecule has 2 fully saturated rings. The van der Waals surface area contributed by atoms with Gasteiger partial charge in [-0.3, -0.25) is 28.8 Å². The van der Waals surface area contributed by atoms with Crippen LogP contribution in [0.3, 0.4) is 0 Å². The Kier molecular flexibility index (Phi) is 21.4. The van der Waals surface area contributed by atoms with Crippen LogP contribution >= 0.6 is 12.4 Å². The fourth-order valence-electron chi connectivity index (χ4n) is 3.57. The van der Waals surface area contributed by atoms with Crippen molar-refractivity contribution in [2.45, 2.75) is 90.6 Å². The molecule has 0 atom stereocenters. The van der Waals surface area contributed by atoms with Crippen molar-refractivity contribution in [3.63, 3.8) is 0 Å². The van der Waals surface area contributed by atoms with Gasteiger partial charge in [0.15, 0.2) is 0 Å². The van der Waals surface area contributed by atoms with E-state index in [1.807, 2.05) is 20.8 Å². The van der Waals surface area contributed by atoms with Gasteiger partial charge in [0.25, 0.3) is 0 Å². The standard InChI is InChI=1S/C11H18N2O4.C8H13NO3.C7H15NO2.ClH/c14-9(12-6-4-11(16)17)5-8-13-7-2-1-3-10(13)15;10-7-3-1-2-5-9(7)6-4-8(11)12;1-7(2,3)10-6(9)4-5-8;/h1-8H2,(H,12,14)(H,16,17);1-6H2,(H,11,12);4-5,8H2,1-3H3;1H. The molecule has 0 aromatic carbocycles. The van der Waals surface area contributed by atoms with Gasteiger partial charge in [0.05, 0.1) is 19.3 Å². The zero-order valence-electron chi connectivity index (χ0n) is 23.9. The average Bonchev–Trinajstić information content (AvgIpc) is 2.82. The molecule has 13 nitrogen and oxygen atoms in total. The molecular formula is C26H47ClN4O9. The van der Waals surface area contributed by atoms with Crippen molar-refractivity contribution in [2.75, 3.05) is 39.3 Å². The quantitative estimate of drug-likeness (QED) is 0.255. The van der Waals surface area contributed by atoms with Crippen LogP contribution < -0.4 is 11.1 Å². The van der Waals surface area contributed by atoms with Crippen LogP contribution in [-0.2, 0) is 33.5 Å². The molecule has 2 heterocycles. The van der Waals surface area contributed by atoms with E-state index in [1.165, 1.54) is 0 Å². The summed E-state index contributed by atoms with van der Waals surface area (Å²) in [5.41, 5.74) is 4.76. The Morgan fingerprint density at radius 2 is 1.30 bits per heavy atom. The second-order valence-electron chi connectivity index (χ2n) is 10.2. The van der Waals surface area contributed by atoms with Crippen LogP contribution in [-0.4, -0.2) is 101 Å². The highest BCUT2D eigenvalue weighted by Crippen LogP contribution is 2.11. The predicted molar refractivity (Wildman–Crippen MR) is 150 cm³/mol. The van der Waals surface area contributed by atoms with Crippen LogP contribution in [0.25, 0.3) is 0 Å². The van der Waals surface area contributed by atoms with E-state index >= 15 is 0 Å². The van der Waals surface area contributed by atoms with E-state index in [4.69, 9.17) is 20.7 Å². The van der Waals surface area contributed by atoms with Crippen molar-refractivity contribution in [3.05, 3.63) is 0 Å². The molecule has 0 aromatic heterocycles. The summed E-state index contributed by atoms with van der Waals surface area (Å²) in [7, 11) is 0. The fraction of sp³-hybridized carbons (Fsp3) is 0.769. The summed E-state index contributed by atoms with van der Waals surface area (Å²) >= 11 is 0. The molecule has 40 heavy (non-hydrogen) atoms. The first-order valence-corrected chi connectivity index (χ1v) is 13.4. The Morgan fingerprint density at radius 1 is 0.825 bits per heavy atom. The molecule has 2 rings (SSSR count). The fourth-order valence-corrected chi connectivity index (χ4v) is 3.57. The van der Waals surface area contributed by atoms with Gasteiger partial charge in [-0.15, -0.1) is 12.4 Å². The lowest BCUT2D eigenvalue weighted by atomic mass is 10.1. The van der Waals surface area contributed by atoms with Gasteiger partial charge in [0, 0.05) is 58.5 Å². The Bertz CT molecular complexity index is 818. The lowest BCUT2D eigenvalue weighted by molar-refractivity contribution is -0.154. The Balaban J connectivity index is 0. The van der Waals surface area contributed by atoms with E-state index in [1.54, 1.807) is 9.80 Å². The normalized spacial score (nSPS) is 14.9. The third-order valence-electron chi connectivity index (χ3n) is 5.48. The first kappa shape index (κ1) is 39.2. The van der Waals surface area contributed by atoms with E-state index in [0.717, 1.165) is 38.8 Å². The molecule has 0 aliphatic carbocycles. The first-order valence-electron chi connectivity index (χ1n) is 13.4. The molecule has 0 aromatic rings. The number of nitrogens with two attached hydrogens (primary N) is 1. The van der Waals surface area contributed by atoms with E-state index in [9.17, 15) is 28.8 Å². The molecule has 0 unspecified atom stereocenters. The van der Waals surface area contributed by atoms with Gasteiger partial charge in [-0.1, -0.05) is 0 Å². The number of aliphatic carboxylic acids is 2. The highest BCUT2D eigenvalue weighted by Gasteiger charge is 2.19. The second kappa shape index (κ2) is 21.8. The summed E-state index contributed by atoms with van der Waals surface area (Å²) in [5.74, 6) is -2.00. The van der Waals surface area contributed by atoms with Gasteiger partial charge in [0.1, 0.15) is 5.60 Å². The summed E-state index contributed by atoms with van der Waals surface area (Å²) in [5, 5.41) is 19.3. The molecule has 2 aliphatic heterocycles. The highest BCUT2D eigenvalue weighted by atomic mass is 35.5. The van der Waals surface area contributed by atoms with E-state index in [0.29, 0.717) is 38.9 Å². The Morgan fingerprint density at radius 3 is 1.70 bits per heavy atom. The summed E-state index contributed by atoms with van der Waals surface area (Å²) in [6, 6.07) is 0. The first-order chi connectivity index (χ1) is 18.2. The molecule has 2 aliphatic rings. The monoisotopic (exact) mass is 594 g/mol. The lowest BCUT2D eigenvalue weighted by Gasteiger charge is -2.26. The summed E-state index contributed by atoms with van der Waals surface area (Å²) in [6.45, 7) is 8.25. The van der Waals surface area contributed by atoms with Crippen molar-refractivity contribution in [1.29, 1.82) is 0 Å². The van der Waals surface area contributed by atoms with Gasteiger partial charge in [0.2, 0.25) is 17.7 Å². The van der Waals surface area contributed by atoms with Crippen molar-refractivity contribution in [1.82, 2.24) is 15.1 Å². The average molecular weight is 595 g/mol. The number of hydrogen-bond acceptors (Lipinski definition) is 8. The van der Waals surface area contributed by atoms with Crippen LogP contribution in [0.4, 0.5) is 0 Å². The largest absolute Gasteiger partial charge is 0.481 e. The van der Waals surface area contributed by atoms with Gasteiger partial charge in [-0.2, -0.15) is 0 Å². The van der Waals surface area contributed by atoms with Crippen molar-refractivity contribution >= 4 is 48.0 Å². The van der Waals surface area contributed by atoms with E-state index in [-0.39, 0.29) is 67.5 Å². The van der Waals surface area contributed by atoms with Gasteiger partial charge in [-0.25, -0.2) is 0 Å². The minimum Gasteiger partial charge on any atom is -0.481 e. The minimum absolute atomic E-state index is 0. The van der Waals surface area contributed by atoms with Crippen LogP contribution in [0.2, 0.25) is 0 Å². The molecule has 2 saturated heterocycles. The van der Waals surface area contributed by atoms with E-state index < -0.39 is 11.9 Å². The third kappa shape index (κ3) is 21.9. The van der Waals surface area contributed by atoms with Crippen LogP contribution in [0.5, 0.6) is 0 Å². The number of halogens is 1. The molecule has 14 heteroatoms. The van der Waals surface area contributed by atoms with Crippen molar-refractivity contribution < 1.29 is 43.7 Å². The maximum absolute atomic E-state index is 11.4. The summed E-state index contributed by atoms with van der Waals surface area (Å²) in [4.78, 5) is 68.4. The number of carbonyl (C=O) groups is 6. The highest BCUT2D eigenvalue weighted by molar-refractivity contribution is 5.85. The van der Waals surface area contributed by atoms with Crippen molar-refractivity contribution in [3.8, 4) is 0 Å². The number of hydrogen-bond donors (Lipinski definition) is 4. The number of nitrogens with one attached hydrogen (secondary N) is 1. The molecule has 0 saturated carbocycles. The van der Waals surface area contributed by atoms with Gasteiger partial charge < -0.3 is 35.8 Å². The Labute approximate surface area is 242 Å². The molecule has 5 N–H and O–H groups in total. The topological polar surface area (TPSA) is 197 Å². The minimum atomic E-state index is -0.934. The molecule has 232 valence electrons. The van der Waals surface area contributed by atoms with Crippen molar-refractivity contribution in [2.24, 2.45) is 5.73 Å². The number of rotatable bonds is 11. The third-order valence-corrected chi connectivity index (χ3v) is 5.48. The van der Waals surface area contributed by atoms with E-state index in [2.05, 4.69) is 5.32 Å². The lowest BCUT2D eigenvalue weighted by Crippen LogP contribution is -2.38. The molecular weight excluding hydrogens is 548 g/mol. The van der Waals surface area contributed by atoms with Crippen LogP contribution in [0, 0.1) is 0 Å². The number of carboxylic acid groups (broad SMARTS) is 2. The zero-order valence-corrected chi connectivity index (χ0v) is 24.8. The zero-order chi connectivity index (χ0) is 29.8. The van der Waals surface area contributed by atoms with Crippen LogP contribution in [0.15, 0.2) is 0 Å². The number of likely N-dealkylation sites (tertiary alicyclic amines) is 2. The maximum Gasteiger partial charge on any atom is 0.307 e. The molecule has 0 spiro atoms. The number of esters is 1. The van der Waals surface area contributed by atoms with Gasteiger partial charge >= 0.3 is 17.9 Å². The smallest absolute Gasteiger partial charge is 0.307 e. The Hall–Kier alpha value is -2.93. The second-order valence-corrected chi connectivity index (χ2v) is 10.2. The number of carboxylic acids is 2. The summed E-state index contributed by atoms with van der Waals surface area (Å²) < 4.78 is 4.96. The number of ether oxygens (including phenoxy) is 1. The van der Waals surface area contributed by atoms with Gasteiger partial charge in [-0.05, 0) is 46.5 Å². The SMILES string of the molecule is CC(C)(C)OC(=O)CCN.Cl.O=C(O)CCN1CCCCC1=O.O=C(O)CCNC(=O)CCN1CCCCC1=O. The number of piperidine rings is 2. The number of carbonyl (C=O) groups excluding carboxylic acids is 4. The maximum atomic E-state index is 11.4. The molecule has 0 bridgehead atoms. The van der Waals surface area contributed by atoms with Crippen LogP contribution in [0.1, 0.15) is 85.0 Å². The predicted octanol–water partition coefficient (Wildman–Crippen LogP) is 1.55.